The highest BCUT2D eigenvalue weighted by molar-refractivity contribution is 5.85. The minimum Gasteiger partial charge on any atom is -0.481 e. The molecule has 0 spiro atoms. The Morgan fingerprint density at radius 1 is 1.21 bits per heavy atom. The van der Waals surface area contributed by atoms with Gasteiger partial charge in [-0.15, -0.1) is 0 Å². The Morgan fingerprint density at radius 3 is 1.95 bits per heavy atom. The van der Waals surface area contributed by atoms with E-state index in [2.05, 4.69) is 5.32 Å². The molecule has 4 N–H and O–H groups in total. The van der Waals surface area contributed by atoms with Gasteiger partial charge >= 0.3 is 5.97 Å². The molecule has 0 rings (SSSR count). The minimum atomic E-state index is -1.17. The van der Waals surface area contributed by atoms with Crippen LogP contribution in [0.15, 0.2) is 0 Å². The average molecular weight is 275 g/mol. The number of carbonyl (C=O) groups excluding carboxylic acids is 1. The SMILES string of the molecule is CCC(CO)(CO)NC(=O)CC(C)(C(=O)O)C(C)C. The summed E-state index contributed by atoms with van der Waals surface area (Å²) in [6.45, 7) is 5.95. The topological polar surface area (TPSA) is 107 Å². The Bertz CT molecular complexity index is 317. The van der Waals surface area contributed by atoms with Crippen LogP contribution < -0.4 is 5.32 Å². The van der Waals surface area contributed by atoms with Crippen molar-refractivity contribution in [3.05, 3.63) is 0 Å². The number of aliphatic carboxylic acids is 1. The molecule has 0 bridgehead atoms. The molecule has 0 aromatic rings. The fraction of sp³-hybridized carbons (Fsp3) is 0.846. The molecular weight excluding hydrogens is 250 g/mol. The van der Waals surface area contributed by atoms with Gasteiger partial charge in [-0.3, -0.25) is 9.59 Å². The molecule has 112 valence electrons. The Hall–Kier alpha value is -1.14. The summed E-state index contributed by atoms with van der Waals surface area (Å²) < 4.78 is 0. The second-order valence-electron chi connectivity index (χ2n) is 5.55. The normalized spacial score (nSPS) is 15.1. The van der Waals surface area contributed by atoms with E-state index in [1.807, 2.05) is 0 Å². The Balaban J connectivity index is 4.91. The number of carbonyl (C=O) groups is 2. The fourth-order valence-corrected chi connectivity index (χ4v) is 1.64. The molecule has 0 aromatic heterocycles. The third-order valence-electron chi connectivity index (χ3n) is 3.98. The van der Waals surface area contributed by atoms with Crippen LogP contribution in [0.2, 0.25) is 0 Å². The Kier molecular flexibility index (Phi) is 6.45. The summed E-state index contributed by atoms with van der Waals surface area (Å²) in [6, 6.07) is 0. The van der Waals surface area contributed by atoms with E-state index in [1.54, 1.807) is 20.8 Å². The molecule has 0 heterocycles. The van der Waals surface area contributed by atoms with E-state index < -0.39 is 36.0 Å². The Labute approximate surface area is 113 Å². The largest absolute Gasteiger partial charge is 0.481 e. The second-order valence-corrected chi connectivity index (χ2v) is 5.55. The van der Waals surface area contributed by atoms with Crippen LogP contribution in [-0.2, 0) is 9.59 Å². The van der Waals surface area contributed by atoms with Crippen molar-refractivity contribution in [1.82, 2.24) is 5.32 Å². The molecule has 0 fully saturated rings. The second kappa shape index (κ2) is 6.86. The number of amides is 1. The van der Waals surface area contributed by atoms with Crippen molar-refractivity contribution < 1.29 is 24.9 Å². The van der Waals surface area contributed by atoms with E-state index >= 15 is 0 Å². The van der Waals surface area contributed by atoms with Crippen LogP contribution in [0.4, 0.5) is 0 Å². The predicted octanol–water partition coefficient (Wildman–Crippen LogP) is 0.373. The van der Waals surface area contributed by atoms with Crippen LogP contribution in [0.3, 0.4) is 0 Å². The van der Waals surface area contributed by atoms with Crippen LogP contribution in [-0.4, -0.2) is 45.9 Å². The van der Waals surface area contributed by atoms with Gasteiger partial charge in [0, 0.05) is 6.42 Å². The zero-order valence-electron chi connectivity index (χ0n) is 12.1. The first kappa shape index (κ1) is 17.9. The number of hydrogen-bond donors (Lipinski definition) is 4. The van der Waals surface area contributed by atoms with E-state index in [9.17, 15) is 24.9 Å². The first-order valence-corrected chi connectivity index (χ1v) is 6.43. The van der Waals surface area contributed by atoms with Gasteiger partial charge in [0.25, 0.3) is 0 Å². The standard InChI is InChI=1S/C13H25NO5/c1-5-13(7-15,8-16)14-10(17)6-12(4,9(2)3)11(18)19/h9,15-16H,5-8H2,1-4H3,(H,14,17)(H,18,19). The molecule has 1 amide bonds. The van der Waals surface area contributed by atoms with E-state index in [1.165, 1.54) is 6.92 Å². The smallest absolute Gasteiger partial charge is 0.310 e. The summed E-state index contributed by atoms with van der Waals surface area (Å²) >= 11 is 0. The molecule has 6 nitrogen and oxygen atoms in total. The summed E-state index contributed by atoms with van der Waals surface area (Å²) in [6.07, 6.45) is 0.166. The summed E-state index contributed by atoms with van der Waals surface area (Å²) in [5.41, 5.74) is -2.26. The molecule has 0 aromatic carbocycles. The van der Waals surface area contributed by atoms with Crippen LogP contribution >= 0.6 is 0 Å². The zero-order chi connectivity index (χ0) is 15.3. The maximum absolute atomic E-state index is 12.0. The number of hydrogen-bond acceptors (Lipinski definition) is 4. The van der Waals surface area contributed by atoms with Crippen LogP contribution in [0.5, 0.6) is 0 Å². The summed E-state index contributed by atoms with van der Waals surface area (Å²) in [4.78, 5) is 23.3. The van der Waals surface area contributed by atoms with Gasteiger partial charge in [-0.25, -0.2) is 0 Å². The van der Waals surface area contributed by atoms with Gasteiger partial charge in [0.2, 0.25) is 5.91 Å². The summed E-state index contributed by atoms with van der Waals surface area (Å²) in [5.74, 6) is -1.73. The number of nitrogens with one attached hydrogen (secondary N) is 1. The van der Waals surface area contributed by atoms with Gasteiger partial charge in [-0.1, -0.05) is 20.8 Å². The fourth-order valence-electron chi connectivity index (χ4n) is 1.64. The van der Waals surface area contributed by atoms with Gasteiger partial charge in [0.05, 0.1) is 24.2 Å². The molecule has 1 unspecified atom stereocenters. The predicted molar refractivity (Wildman–Crippen MR) is 70.5 cm³/mol. The first-order valence-electron chi connectivity index (χ1n) is 6.43. The van der Waals surface area contributed by atoms with Crippen molar-refractivity contribution in [2.75, 3.05) is 13.2 Å². The summed E-state index contributed by atoms with van der Waals surface area (Å²) in [7, 11) is 0. The van der Waals surface area contributed by atoms with Gasteiger partial charge < -0.3 is 20.6 Å². The quantitative estimate of drug-likeness (QED) is 0.512. The van der Waals surface area contributed by atoms with E-state index in [-0.39, 0.29) is 12.3 Å². The number of carboxylic acid groups (broad SMARTS) is 1. The van der Waals surface area contributed by atoms with E-state index in [4.69, 9.17) is 0 Å². The lowest BCUT2D eigenvalue weighted by Crippen LogP contribution is -2.55. The molecule has 0 saturated carbocycles. The van der Waals surface area contributed by atoms with E-state index in [0.29, 0.717) is 6.42 Å². The van der Waals surface area contributed by atoms with Crippen molar-refractivity contribution >= 4 is 11.9 Å². The molecule has 0 aliphatic rings. The lowest BCUT2D eigenvalue weighted by molar-refractivity contribution is -0.154. The molecule has 19 heavy (non-hydrogen) atoms. The van der Waals surface area contributed by atoms with Crippen LogP contribution in [0, 0.1) is 11.3 Å². The average Bonchev–Trinajstić information content (AvgIpc) is 2.35. The minimum absolute atomic E-state index is 0.193. The van der Waals surface area contributed by atoms with Gasteiger partial charge in [-0.05, 0) is 19.3 Å². The molecule has 0 aliphatic heterocycles. The van der Waals surface area contributed by atoms with Crippen molar-refractivity contribution in [2.24, 2.45) is 11.3 Å². The van der Waals surface area contributed by atoms with Crippen LogP contribution in [0.25, 0.3) is 0 Å². The van der Waals surface area contributed by atoms with E-state index in [0.717, 1.165) is 0 Å². The van der Waals surface area contributed by atoms with Crippen molar-refractivity contribution in [2.45, 2.75) is 46.1 Å². The highest BCUT2D eigenvalue weighted by Gasteiger charge is 2.40. The number of rotatable bonds is 8. The molecule has 1 atom stereocenters. The lowest BCUT2D eigenvalue weighted by Gasteiger charge is -2.33. The van der Waals surface area contributed by atoms with Gasteiger partial charge in [0.15, 0.2) is 0 Å². The molecular formula is C13H25NO5. The number of carboxylic acids is 1. The van der Waals surface area contributed by atoms with Gasteiger partial charge in [0.1, 0.15) is 0 Å². The third kappa shape index (κ3) is 4.18. The highest BCUT2D eigenvalue weighted by atomic mass is 16.4. The lowest BCUT2D eigenvalue weighted by atomic mass is 9.76. The zero-order valence-corrected chi connectivity index (χ0v) is 12.1. The monoisotopic (exact) mass is 275 g/mol. The highest BCUT2D eigenvalue weighted by Crippen LogP contribution is 2.31. The molecule has 0 radical (unpaired) electrons. The van der Waals surface area contributed by atoms with Crippen molar-refractivity contribution in [3.63, 3.8) is 0 Å². The maximum atomic E-state index is 12.0. The van der Waals surface area contributed by atoms with Crippen molar-refractivity contribution in [1.29, 1.82) is 0 Å². The number of aliphatic hydroxyl groups is 2. The third-order valence-corrected chi connectivity index (χ3v) is 3.98. The van der Waals surface area contributed by atoms with Gasteiger partial charge in [-0.2, -0.15) is 0 Å². The molecule has 0 aliphatic carbocycles. The maximum Gasteiger partial charge on any atom is 0.310 e. The van der Waals surface area contributed by atoms with Crippen molar-refractivity contribution in [3.8, 4) is 0 Å². The first-order chi connectivity index (χ1) is 8.67. The Morgan fingerprint density at radius 2 is 1.68 bits per heavy atom. The number of aliphatic hydroxyl groups excluding tert-OH is 2. The summed E-state index contributed by atoms with van der Waals surface area (Å²) in [5, 5.41) is 30.3. The molecule has 6 heteroatoms. The van der Waals surface area contributed by atoms with Crippen LogP contribution in [0.1, 0.15) is 40.5 Å². The molecule has 0 saturated heterocycles.